The third-order valence-corrected chi connectivity index (χ3v) is 5.22. The lowest BCUT2D eigenvalue weighted by Crippen LogP contribution is -2.38. The highest BCUT2D eigenvalue weighted by atomic mass is 19.1. The van der Waals surface area contributed by atoms with Crippen LogP contribution in [-0.2, 0) is 6.42 Å². The number of rotatable bonds is 5. The molecule has 2 aromatic carbocycles. The standard InChI is InChI=1S/C23H23FN2O3/c1-28-21-11-3-2-9-19(21)23(27)26-12-5-4-10-20(26)22-25-15-18(29-22)14-16-7-6-8-17(24)13-16/h2-3,6-9,11,13,15,20H,4-5,10,12,14H2,1H3. The number of carbonyl (C=O) groups excluding carboxylic acids is 1. The minimum Gasteiger partial charge on any atom is -0.496 e. The third-order valence-electron chi connectivity index (χ3n) is 5.22. The highest BCUT2D eigenvalue weighted by molar-refractivity contribution is 5.97. The summed E-state index contributed by atoms with van der Waals surface area (Å²) in [4.78, 5) is 19.5. The van der Waals surface area contributed by atoms with Crippen LogP contribution in [0.5, 0.6) is 5.75 Å². The van der Waals surface area contributed by atoms with Crippen LogP contribution in [-0.4, -0.2) is 29.4 Å². The Morgan fingerprint density at radius 1 is 1.24 bits per heavy atom. The van der Waals surface area contributed by atoms with Crippen LogP contribution in [0, 0.1) is 5.82 Å². The van der Waals surface area contributed by atoms with Crippen molar-refractivity contribution in [3.8, 4) is 5.75 Å². The monoisotopic (exact) mass is 394 g/mol. The van der Waals surface area contributed by atoms with Crippen molar-refractivity contribution in [2.24, 2.45) is 0 Å². The highest BCUT2D eigenvalue weighted by Gasteiger charge is 2.33. The maximum Gasteiger partial charge on any atom is 0.258 e. The number of oxazole rings is 1. The molecule has 0 bridgehead atoms. The molecule has 0 aliphatic carbocycles. The first-order valence-corrected chi connectivity index (χ1v) is 9.78. The van der Waals surface area contributed by atoms with Crippen LogP contribution in [0.15, 0.2) is 59.1 Å². The number of likely N-dealkylation sites (tertiary alicyclic amines) is 1. The van der Waals surface area contributed by atoms with Crippen LogP contribution >= 0.6 is 0 Å². The van der Waals surface area contributed by atoms with Crippen molar-refractivity contribution in [1.29, 1.82) is 0 Å². The smallest absolute Gasteiger partial charge is 0.258 e. The third kappa shape index (κ3) is 4.16. The lowest BCUT2D eigenvalue weighted by atomic mass is 10.0. The number of nitrogens with zero attached hydrogens (tertiary/aromatic N) is 2. The fraction of sp³-hybridized carbons (Fsp3) is 0.304. The van der Waals surface area contributed by atoms with Crippen molar-refractivity contribution in [2.45, 2.75) is 31.7 Å². The zero-order valence-corrected chi connectivity index (χ0v) is 16.3. The topological polar surface area (TPSA) is 55.6 Å². The van der Waals surface area contributed by atoms with E-state index in [0.29, 0.717) is 35.9 Å². The molecule has 1 atom stereocenters. The molecule has 29 heavy (non-hydrogen) atoms. The fourth-order valence-corrected chi connectivity index (χ4v) is 3.81. The molecule has 1 aliphatic rings. The molecule has 0 N–H and O–H groups in total. The number of ether oxygens (including phenoxy) is 1. The van der Waals surface area contributed by atoms with E-state index in [-0.39, 0.29) is 17.8 Å². The average molecular weight is 394 g/mol. The lowest BCUT2D eigenvalue weighted by Gasteiger charge is -2.34. The molecule has 150 valence electrons. The molecule has 0 radical (unpaired) electrons. The Hall–Kier alpha value is -3.15. The van der Waals surface area contributed by atoms with E-state index in [1.54, 1.807) is 31.5 Å². The summed E-state index contributed by atoms with van der Waals surface area (Å²) in [5.41, 5.74) is 1.35. The van der Waals surface area contributed by atoms with Crippen LogP contribution in [0.1, 0.15) is 52.9 Å². The summed E-state index contributed by atoms with van der Waals surface area (Å²) in [6.07, 6.45) is 4.86. The predicted molar refractivity (Wildman–Crippen MR) is 106 cm³/mol. The first-order valence-electron chi connectivity index (χ1n) is 9.78. The van der Waals surface area contributed by atoms with E-state index in [2.05, 4.69) is 4.98 Å². The number of hydrogen-bond donors (Lipinski definition) is 0. The van der Waals surface area contributed by atoms with Gasteiger partial charge in [-0.05, 0) is 49.1 Å². The van der Waals surface area contributed by atoms with Crippen molar-refractivity contribution in [3.05, 3.63) is 83.3 Å². The van der Waals surface area contributed by atoms with Crippen LogP contribution in [0.4, 0.5) is 4.39 Å². The predicted octanol–water partition coefficient (Wildman–Crippen LogP) is 4.78. The molecule has 4 rings (SSSR count). The number of aromatic nitrogens is 1. The maximum absolute atomic E-state index is 13.4. The van der Waals surface area contributed by atoms with Crippen molar-refractivity contribution in [1.82, 2.24) is 9.88 Å². The Morgan fingerprint density at radius 3 is 2.93 bits per heavy atom. The first kappa shape index (κ1) is 19.2. The van der Waals surface area contributed by atoms with E-state index < -0.39 is 0 Å². The molecule has 2 heterocycles. The molecule has 1 fully saturated rings. The van der Waals surface area contributed by atoms with Gasteiger partial charge in [0.05, 0.1) is 18.9 Å². The van der Waals surface area contributed by atoms with Crippen LogP contribution < -0.4 is 4.74 Å². The molecule has 1 saturated heterocycles. The number of halogens is 1. The zero-order chi connectivity index (χ0) is 20.2. The van der Waals surface area contributed by atoms with Gasteiger partial charge in [0, 0.05) is 13.0 Å². The number of piperidine rings is 1. The van der Waals surface area contributed by atoms with E-state index in [1.807, 2.05) is 23.1 Å². The summed E-state index contributed by atoms with van der Waals surface area (Å²) in [7, 11) is 1.56. The molecule has 0 spiro atoms. The van der Waals surface area contributed by atoms with Crippen LogP contribution in [0.25, 0.3) is 0 Å². The van der Waals surface area contributed by atoms with E-state index in [4.69, 9.17) is 9.15 Å². The molecule has 0 saturated carbocycles. The maximum atomic E-state index is 13.4. The number of carbonyl (C=O) groups is 1. The van der Waals surface area contributed by atoms with E-state index in [1.165, 1.54) is 12.1 Å². The SMILES string of the molecule is COc1ccccc1C(=O)N1CCCCC1c1ncc(Cc2cccc(F)c2)o1. The summed E-state index contributed by atoms with van der Waals surface area (Å²) < 4.78 is 24.8. The summed E-state index contributed by atoms with van der Waals surface area (Å²) in [5.74, 6) is 1.38. The van der Waals surface area contributed by atoms with Gasteiger partial charge >= 0.3 is 0 Å². The van der Waals surface area contributed by atoms with E-state index in [9.17, 15) is 9.18 Å². The molecule has 3 aromatic rings. The van der Waals surface area contributed by atoms with Crippen molar-refractivity contribution in [3.63, 3.8) is 0 Å². The Bertz CT molecular complexity index is 1000. The van der Waals surface area contributed by atoms with E-state index >= 15 is 0 Å². The Kier molecular flexibility index (Phi) is 5.60. The van der Waals surface area contributed by atoms with Crippen LogP contribution in [0.3, 0.4) is 0 Å². The number of para-hydroxylation sites is 1. The summed E-state index contributed by atoms with van der Waals surface area (Å²) in [6, 6.07) is 13.4. The van der Waals surface area contributed by atoms with Gasteiger partial charge in [-0.15, -0.1) is 0 Å². The average Bonchev–Trinajstić information content (AvgIpc) is 3.21. The van der Waals surface area contributed by atoms with Crippen molar-refractivity contribution in [2.75, 3.05) is 13.7 Å². The van der Waals surface area contributed by atoms with Gasteiger partial charge in [-0.1, -0.05) is 24.3 Å². The summed E-state index contributed by atoms with van der Waals surface area (Å²) >= 11 is 0. The minimum atomic E-state index is -0.275. The van der Waals surface area contributed by atoms with E-state index in [0.717, 1.165) is 24.8 Å². The van der Waals surface area contributed by atoms with Gasteiger partial charge in [-0.25, -0.2) is 9.37 Å². The molecule has 6 heteroatoms. The molecule has 1 amide bonds. The normalized spacial score (nSPS) is 16.6. The molecule has 1 unspecified atom stereocenters. The second kappa shape index (κ2) is 8.47. The Balaban J connectivity index is 1.56. The number of amides is 1. The van der Waals surface area contributed by atoms with Crippen molar-refractivity contribution < 1.29 is 18.3 Å². The number of benzene rings is 2. The van der Waals surface area contributed by atoms with Gasteiger partial charge in [0.2, 0.25) is 5.89 Å². The second-order valence-electron chi connectivity index (χ2n) is 7.18. The minimum absolute atomic E-state index is 0.0861. The second-order valence-corrected chi connectivity index (χ2v) is 7.18. The number of methoxy groups -OCH3 is 1. The van der Waals surface area contributed by atoms with Gasteiger partial charge in [-0.3, -0.25) is 4.79 Å². The molecule has 1 aromatic heterocycles. The quantitative estimate of drug-likeness (QED) is 0.625. The van der Waals surface area contributed by atoms with Gasteiger partial charge in [0.25, 0.3) is 5.91 Å². The van der Waals surface area contributed by atoms with Gasteiger partial charge in [-0.2, -0.15) is 0 Å². The zero-order valence-electron chi connectivity index (χ0n) is 16.3. The van der Waals surface area contributed by atoms with Gasteiger partial charge in [0.1, 0.15) is 23.4 Å². The summed E-state index contributed by atoms with van der Waals surface area (Å²) in [5, 5.41) is 0. The fourth-order valence-electron chi connectivity index (χ4n) is 3.81. The molecular weight excluding hydrogens is 371 g/mol. The summed E-state index contributed by atoms with van der Waals surface area (Å²) in [6.45, 7) is 0.642. The molecule has 1 aliphatic heterocycles. The molecule has 5 nitrogen and oxygen atoms in total. The Labute approximate surface area is 169 Å². The molecular formula is C23H23FN2O3. The van der Waals surface area contributed by atoms with Crippen molar-refractivity contribution >= 4 is 5.91 Å². The van der Waals surface area contributed by atoms with Gasteiger partial charge in [0.15, 0.2) is 0 Å². The van der Waals surface area contributed by atoms with Gasteiger partial charge < -0.3 is 14.1 Å². The Morgan fingerprint density at radius 2 is 2.10 bits per heavy atom. The van der Waals surface area contributed by atoms with Crippen LogP contribution in [0.2, 0.25) is 0 Å². The largest absolute Gasteiger partial charge is 0.496 e. The first-order chi connectivity index (χ1) is 14.2. The highest BCUT2D eigenvalue weighted by Crippen LogP contribution is 2.33. The lowest BCUT2D eigenvalue weighted by molar-refractivity contribution is 0.0566. The number of hydrogen-bond acceptors (Lipinski definition) is 4.